The number of hydrogen-bond acceptors (Lipinski definition) is 0. The quantitative estimate of drug-likeness (QED) is 0.498. The van der Waals surface area contributed by atoms with Crippen LogP contribution in [0.1, 0.15) is 26.2 Å². The Labute approximate surface area is 57.1 Å². The van der Waals surface area contributed by atoms with E-state index in [9.17, 15) is 0 Å². The predicted octanol–water partition coefficient (Wildman–Crippen LogP) is 1.72. The molecule has 0 aliphatic carbocycles. The van der Waals surface area contributed by atoms with Gasteiger partial charge in [0.05, 0.1) is 0 Å². The molecule has 1 heterocycles. The Morgan fingerprint density at radius 1 is 1.56 bits per heavy atom. The molecule has 0 saturated carbocycles. The van der Waals surface area contributed by atoms with E-state index in [1.807, 2.05) is 0 Å². The Kier molecular flexibility index (Phi) is 2.78. The van der Waals surface area contributed by atoms with Gasteiger partial charge in [0.25, 0.3) is 0 Å². The lowest BCUT2D eigenvalue weighted by Gasteiger charge is -2.15. The molecule has 1 aliphatic rings. The van der Waals surface area contributed by atoms with Crippen LogP contribution in [0.15, 0.2) is 12.2 Å². The van der Waals surface area contributed by atoms with Crippen LogP contribution in [0.3, 0.4) is 0 Å². The molecule has 0 aromatic carbocycles. The van der Waals surface area contributed by atoms with Crippen LogP contribution in [0.4, 0.5) is 0 Å². The smallest absolute Gasteiger partial charge is 0.0317 e. The molecule has 1 nitrogen and oxygen atoms in total. The molecule has 0 saturated heterocycles. The monoisotopic (exact) mass is 124 g/mol. The minimum absolute atomic E-state index is 0.639. The van der Waals surface area contributed by atoms with Crippen LogP contribution in [0.5, 0.6) is 0 Å². The van der Waals surface area contributed by atoms with Crippen LogP contribution in [0.2, 0.25) is 0 Å². The van der Waals surface area contributed by atoms with Gasteiger partial charge < -0.3 is 0 Å². The van der Waals surface area contributed by atoms with Crippen LogP contribution in [-0.2, 0) is 0 Å². The minimum Gasteiger partial charge on any atom is -0.234 e. The van der Waals surface area contributed by atoms with Crippen molar-refractivity contribution >= 4 is 0 Å². The van der Waals surface area contributed by atoms with Crippen LogP contribution in [-0.4, -0.2) is 12.6 Å². The van der Waals surface area contributed by atoms with Gasteiger partial charge in [-0.05, 0) is 12.8 Å². The lowest BCUT2D eigenvalue weighted by atomic mass is 10.1. The first kappa shape index (κ1) is 6.81. The van der Waals surface area contributed by atoms with E-state index in [2.05, 4.69) is 24.4 Å². The van der Waals surface area contributed by atoms with E-state index in [1.165, 1.54) is 19.3 Å². The first-order chi connectivity index (χ1) is 4.43. The summed E-state index contributed by atoms with van der Waals surface area (Å²) in [7, 11) is 0. The standard InChI is InChI=1S/C8H14N/c1-2-5-8-6-3-4-7-9-8/h3-4,8H,2,5-7H2,1H3. The SMILES string of the molecule is CCCC1CC=CC[N]1. The van der Waals surface area contributed by atoms with Gasteiger partial charge in [0.15, 0.2) is 0 Å². The summed E-state index contributed by atoms with van der Waals surface area (Å²) in [6.07, 6.45) is 8.10. The molecular formula is C8H14N. The Hall–Kier alpha value is -0.300. The van der Waals surface area contributed by atoms with E-state index in [-0.39, 0.29) is 0 Å². The Morgan fingerprint density at radius 3 is 3.00 bits per heavy atom. The molecule has 0 N–H and O–H groups in total. The fourth-order valence-electron chi connectivity index (χ4n) is 1.15. The minimum atomic E-state index is 0.639. The van der Waals surface area contributed by atoms with E-state index in [4.69, 9.17) is 0 Å². The van der Waals surface area contributed by atoms with E-state index in [1.54, 1.807) is 0 Å². The highest BCUT2D eigenvalue weighted by Crippen LogP contribution is 2.06. The third kappa shape index (κ3) is 2.19. The van der Waals surface area contributed by atoms with Gasteiger partial charge in [-0.1, -0.05) is 25.5 Å². The Morgan fingerprint density at radius 2 is 2.44 bits per heavy atom. The van der Waals surface area contributed by atoms with Crippen molar-refractivity contribution in [3.8, 4) is 0 Å². The summed E-state index contributed by atoms with van der Waals surface area (Å²) < 4.78 is 0. The van der Waals surface area contributed by atoms with Crippen LogP contribution in [0, 0.1) is 0 Å². The lowest BCUT2D eigenvalue weighted by molar-refractivity contribution is 0.479. The molecule has 0 aromatic rings. The van der Waals surface area contributed by atoms with Gasteiger partial charge in [0, 0.05) is 12.6 Å². The van der Waals surface area contributed by atoms with Gasteiger partial charge in [0.1, 0.15) is 0 Å². The average molecular weight is 124 g/mol. The largest absolute Gasteiger partial charge is 0.234 e. The summed E-state index contributed by atoms with van der Waals surface area (Å²) in [5, 5.41) is 4.43. The zero-order valence-electron chi connectivity index (χ0n) is 6.01. The zero-order chi connectivity index (χ0) is 6.53. The predicted molar refractivity (Wildman–Crippen MR) is 39.5 cm³/mol. The fraction of sp³-hybridized carbons (Fsp3) is 0.750. The molecule has 0 fully saturated rings. The maximum Gasteiger partial charge on any atom is 0.0317 e. The summed E-state index contributed by atoms with van der Waals surface area (Å²) in [4.78, 5) is 0. The van der Waals surface area contributed by atoms with Gasteiger partial charge in [-0.15, -0.1) is 0 Å². The highest BCUT2D eigenvalue weighted by molar-refractivity contribution is 4.93. The van der Waals surface area contributed by atoms with Crippen molar-refractivity contribution in [1.29, 1.82) is 0 Å². The summed E-state index contributed by atoms with van der Waals surface area (Å²) in [5.74, 6) is 0. The third-order valence-electron chi connectivity index (χ3n) is 1.67. The van der Waals surface area contributed by atoms with E-state index in [0.29, 0.717) is 6.04 Å². The van der Waals surface area contributed by atoms with Crippen molar-refractivity contribution < 1.29 is 0 Å². The Balaban J connectivity index is 2.18. The fourth-order valence-corrected chi connectivity index (χ4v) is 1.15. The average Bonchev–Trinajstić information content (AvgIpc) is 1.91. The third-order valence-corrected chi connectivity index (χ3v) is 1.67. The van der Waals surface area contributed by atoms with Crippen molar-refractivity contribution in [2.75, 3.05) is 6.54 Å². The molecule has 0 aromatic heterocycles. The summed E-state index contributed by atoms with van der Waals surface area (Å²) in [5.41, 5.74) is 0. The van der Waals surface area contributed by atoms with Crippen LogP contribution in [0.25, 0.3) is 0 Å². The molecule has 1 atom stereocenters. The van der Waals surface area contributed by atoms with Crippen LogP contribution >= 0.6 is 0 Å². The van der Waals surface area contributed by atoms with E-state index < -0.39 is 0 Å². The number of rotatable bonds is 2. The van der Waals surface area contributed by atoms with Crippen molar-refractivity contribution in [1.82, 2.24) is 5.32 Å². The molecule has 0 amide bonds. The van der Waals surface area contributed by atoms with Crippen LogP contribution < -0.4 is 5.32 Å². The van der Waals surface area contributed by atoms with E-state index >= 15 is 0 Å². The maximum atomic E-state index is 4.43. The number of hydrogen-bond donors (Lipinski definition) is 0. The molecular weight excluding hydrogens is 110 g/mol. The highest BCUT2D eigenvalue weighted by atomic mass is 14.9. The molecule has 1 aliphatic heterocycles. The van der Waals surface area contributed by atoms with Crippen molar-refractivity contribution in [2.45, 2.75) is 32.2 Å². The number of nitrogens with zero attached hydrogens (tertiary/aromatic N) is 1. The second kappa shape index (κ2) is 3.67. The normalized spacial score (nSPS) is 26.6. The van der Waals surface area contributed by atoms with Crippen molar-refractivity contribution in [3.05, 3.63) is 12.2 Å². The maximum absolute atomic E-state index is 4.43. The second-order valence-corrected chi connectivity index (χ2v) is 2.51. The molecule has 1 radical (unpaired) electrons. The molecule has 0 spiro atoms. The molecule has 1 heteroatoms. The first-order valence-electron chi connectivity index (χ1n) is 3.75. The van der Waals surface area contributed by atoms with Gasteiger partial charge in [-0.25, -0.2) is 5.32 Å². The van der Waals surface area contributed by atoms with Gasteiger partial charge in [-0.2, -0.15) is 0 Å². The highest BCUT2D eigenvalue weighted by Gasteiger charge is 2.07. The molecule has 9 heavy (non-hydrogen) atoms. The summed E-state index contributed by atoms with van der Waals surface area (Å²) in [6.45, 7) is 3.17. The summed E-state index contributed by atoms with van der Waals surface area (Å²) in [6, 6.07) is 0.639. The van der Waals surface area contributed by atoms with Crippen molar-refractivity contribution in [2.24, 2.45) is 0 Å². The topological polar surface area (TPSA) is 14.1 Å². The van der Waals surface area contributed by atoms with Gasteiger partial charge >= 0.3 is 0 Å². The van der Waals surface area contributed by atoms with Crippen molar-refractivity contribution in [3.63, 3.8) is 0 Å². The second-order valence-electron chi connectivity index (χ2n) is 2.51. The summed E-state index contributed by atoms with van der Waals surface area (Å²) >= 11 is 0. The first-order valence-corrected chi connectivity index (χ1v) is 3.75. The molecule has 51 valence electrons. The lowest BCUT2D eigenvalue weighted by Crippen LogP contribution is -2.24. The molecule has 0 bridgehead atoms. The molecule has 1 unspecified atom stereocenters. The molecule has 1 rings (SSSR count). The zero-order valence-corrected chi connectivity index (χ0v) is 6.01. The van der Waals surface area contributed by atoms with Gasteiger partial charge in [-0.3, -0.25) is 0 Å². The van der Waals surface area contributed by atoms with E-state index in [0.717, 1.165) is 6.54 Å². The Bertz CT molecular complexity index is 96.7. The van der Waals surface area contributed by atoms with Gasteiger partial charge in [0.2, 0.25) is 0 Å².